The molecule has 0 aliphatic carbocycles. The van der Waals surface area contributed by atoms with Crippen molar-refractivity contribution in [3.8, 4) is 23.0 Å². The zero-order valence-corrected chi connectivity index (χ0v) is 30.1. The second-order valence-electron chi connectivity index (χ2n) is 12.9. The molecule has 4 aromatic carbocycles. The predicted octanol–water partition coefficient (Wildman–Crippen LogP) is 6.96. The number of rotatable bonds is 8. The fraction of sp³-hybridized carbons (Fsp3) is 0.385. The third-order valence-corrected chi connectivity index (χ3v) is 7.99. The van der Waals surface area contributed by atoms with Gasteiger partial charge in [-0.05, 0) is 70.1 Å². The van der Waals surface area contributed by atoms with E-state index in [0.717, 1.165) is 27.8 Å². The van der Waals surface area contributed by atoms with Gasteiger partial charge in [0, 0.05) is 19.6 Å². The molecule has 0 heterocycles. The summed E-state index contributed by atoms with van der Waals surface area (Å²) in [7, 11) is 0. The maximum atomic E-state index is 12.8. The Morgan fingerprint density at radius 3 is 1.04 bits per heavy atom. The van der Waals surface area contributed by atoms with Gasteiger partial charge in [0.1, 0.15) is 0 Å². The minimum atomic E-state index is 0. The van der Waals surface area contributed by atoms with Crippen molar-refractivity contribution in [2.45, 2.75) is 101 Å². The molecule has 236 valence electrons. The van der Waals surface area contributed by atoms with E-state index in [0.29, 0.717) is 64.9 Å². The molecule has 0 aliphatic heterocycles. The van der Waals surface area contributed by atoms with Gasteiger partial charge in [0.2, 0.25) is 0 Å². The van der Waals surface area contributed by atoms with Crippen molar-refractivity contribution in [2.24, 2.45) is 0 Å². The van der Waals surface area contributed by atoms with Crippen LogP contribution in [0.3, 0.4) is 0 Å². The molecule has 0 bridgehead atoms. The normalized spacial score (nSPS) is 11.0. The zero-order chi connectivity index (χ0) is 32.9. The first-order chi connectivity index (χ1) is 20.6. The van der Waals surface area contributed by atoms with Gasteiger partial charge < -0.3 is 20.4 Å². The Morgan fingerprint density at radius 2 is 0.778 bits per heavy atom. The van der Waals surface area contributed by atoms with Crippen molar-refractivity contribution < 1.29 is 42.1 Å². The molecule has 0 amide bonds. The van der Waals surface area contributed by atoms with Gasteiger partial charge in [-0.3, -0.25) is 4.90 Å². The van der Waals surface area contributed by atoms with Gasteiger partial charge in [-0.1, -0.05) is 127 Å². The molecule has 5 nitrogen and oxygen atoms in total. The summed E-state index contributed by atoms with van der Waals surface area (Å²) < 4.78 is 0. The number of hydrogen-bond donors (Lipinski definition) is 0. The molecule has 0 saturated heterocycles. The zero-order valence-electron chi connectivity index (χ0n) is 28.6. The second kappa shape index (κ2) is 16.4. The molecule has 0 N–H and O–H groups in total. The van der Waals surface area contributed by atoms with Gasteiger partial charge in [-0.2, -0.15) is 0 Å². The van der Waals surface area contributed by atoms with Crippen LogP contribution in [0.2, 0.25) is 0 Å². The number of benzene rings is 4. The summed E-state index contributed by atoms with van der Waals surface area (Å²) in [6.07, 6.45) is 0. The average Bonchev–Trinajstić information content (AvgIpc) is 2.92. The SMILES string of the molecule is CC(C)c1cccc(C(C)C)c1[O-].Cc1cc(C)c([O-])c(CN(Cc2cc(C)cc(C)c2[O-])Cc2cc(C)cc(C)c2[O-])c1.[Ti+4]. The maximum Gasteiger partial charge on any atom is 4.00 e. The van der Waals surface area contributed by atoms with E-state index in [9.17, 15) is 20.4 Å². The van der Waals surface area contributed by atoms with E-state index in [2.05, 4.69) is 27.7 Å². The van der Waals surface area contributed by atoms with Crippen LogP contribution in [0, 0.1) is 41.5 Å². The third kappa shape index (κ3) is 9.87. The van der Waals surface area contributed by atoms with Gasteiger partial charge in [-0.25, -0.2) is 0 Å². The van der Waals surface area contributed by atoms with Crippen LogP contribution in [0.25, 0.3) is 0 Å². The summed E-state index contributed by atoms with van der Waals surface area (Å²) in [4.78, 5) is 2.03. The molecule has 0 aromatic heterocycles. The monoisotopic (exact) mass is 641 g/mol. The molecule has 0 radical (unpaired) electrons. The van der Waals surface area contributed by atoms with Crippen LogP contribution < -0.4 is 20.4 Å². The van der Waals surface area contributed by atoms with Crippen LogP contribution in [-0.4, -0.2) is 4.90 Å². The Balaban J connectivity index is 0.000000424. The number of aryl methyl sites for hydroxylation is 6. The number of nitrogens with zero attached hydrogens (tertiary/aromatic N) is 1. The third-order valence-electron chi connectivity index (χ3n) is 7.99. The van der Waals surface area contributed by atoms with Crippen molar-refractivity contribution in [1.29, 1.82) is 0 Å². The molecule has 0 spiro atoms. The molecule has 6 heteroatoms. The summed E-state index contributed by atoms with van der Waals surface area (Å²) in [6.45, 7) is 20.7. The summed E-state index contributed by atoms with van der Waals surface area (Å²) in [5.41, 5.74) is 9.14. The predicted molar refractivity (Wildman–Crippen MR) is 173 cm³/mol. The minimum absolute atomic E-state index is 0. The molecule has 0 aliphatic rings. The van der Waals surface area contributed by atoms with E-state index in [1.54, 1.807) is 0 Å². The summed E-state index contributed by atoms with van der Waals surface area (Å²) in [5.74, 6) is 0.924. The van der Waals surface area contributed by atoms with Crippen LogP contribution in [0.1, 0.15) is 101 Å². The number of hydrogen-bond acceptors (Lipinski definition) is 5. The molecule has 4 rings (SSSR count). The molecule has 45 heavy (non-hydrogen) atoms. The average molecular weight is 642 g/mol. The van der Waals surface area contributed by atoms with E-state index < -0.39 is 0 Å². The molecule has 0 saturated carbocycles. The molecule has 0 fully saturated rings. The Labute approximate surface area is 285 Å². The minimum Gasteiger partial charge on any atom is -0.872 e. The van der Waals surface area contributed by atoms with Gasteiger partial charge in [0.25, 0.3) is 0 Å². The maximum absolute atomic E-state index is 12.8. The van der Waals surface area contributed by atoms with Gasteiger partial charge in [0.05, 0.1) is 0 Å². The van der Waals surface area contributed by atoms with Crippen molar-refractivity contribution in [2.75, 3.05) is 0 Å². The van der Waals surface area contributed by atoms with Crippen LogP contribution in [0.5, 0.6) is 23.0 Å². The van der Waals surface area contributed by atoms with Gasteiger partial charge in [-0.15, -0.1) is 23.0 Å². The Kier molecular flexibility index (Phi) is 13.8. The smallest absolute Gasteiger partial charge is 0.872 e. The van der Waals surface area contributed by atoms with Crippen LogP contribution in [0.15, 0.2) is 54.6 Å². The van der Waals surface area contributed by atoms with Crippen molar-refractivity contribution in [3.63, 3.8) is 0 Å². The van der Waals surface area contributed by atoms with Crippen molar-refractivity contribution in [3.05, 3.63) is 116 Å². The fourth-order valence-corrected chi connectivity index (χ4v) is 5.85. The van der Waals surface area contributed by atoms with E-state index in [1.165, 1.54) is 0 Å². The van der Waals surface area contributed by atoms with Crippen LogP contribution in [-0.2, 0) is 41.4 Å². The Morgan fingerprint density at radius 1 is 0.489 bits per heavy atom. The molecular weight excluding hydrogens is 594 g/mol. The van der Waals surface area contributed by atoms with Crippen LogP contribution >= 0.6 is 0 Å². The molecule has 0 unspecified atom stereocenters. The van der Waals surface area contributed by atoms with Gasteiger partial charge >= 0.3 is 21.7 Å². The van der Waals surface area contributed by atoms with E-state index in [1.807, 2.05) is 101 Å². The van der Waals surface area contributed by atoms with Crippen molar-refractivity contribution >= 4 is 0 Å². The topological polar surface area (TPSA) is 95.5 Å². The van der Waals surface area contributed by atoms with Gasteiger partial charge in [0.15, 0.2) is 0 Å². The first-order valence-electron chi connectivity index (χ1n) is 15.4. The molecular formula is C39H47NO4Ti. The standard InChI is InChI=1S/C27H33NO3.C12H18O.Ti/c1-16-7-19(4)25(29)22(10-16)13-28(14-23-11-17(2)8-20(5)26(23)30)15-24-12-18(3)9-21(6)27(24)31;1-8(2)10-6-5-7-11(9(3)4)12(10)13;/h7-12,29-31H,13-15H2,1-6H3;5-9,13H,1-4H3;/q;;+4/p-4. The van der Waals surface area contributed by atoms with E-state index >= 15 is 0 Å². The second-order valence-corrected chi connectivity index (χ2v) is 12.9. The fourth-order valence-electron chi connectivity index (χ4n) is 5.85. The van der Waals surface area contributed by atoms with E-state index in [4.69, 9.17) is 0 Å². The molecule has 0 atom stereocenters. The summed E-state index contributed by atoms with van der Waals surface area (Å²) >= 11 is 0. The quantitative estimate of drug-likeness (QED) is 0.194. The first-order valence-corrected chi connectivity index (χ1v) is 15.4. The molecule has 4 aromatic rings. The van der Waals surface area contributed by atoms with Crippen molar-refractivity contribution in [1.82, 2.24) is 4.90 Å². The summed E-state index contributed by atoms with van der Waals surface area (Å²) in [5, 5.41) is 50.1. The first kappa shape index (κ1) is 37.9. The number of para-hydroxylation sites is 1. The Bertz CT molecular complexity index is 1440. The van der Waals surface area contributed by atoms with E-state index in [-0.39, 0.29) is 44.7 Å². The summed E-state index contributed by atoms with van der Waals surface area (Å²) in [6, 6.07) is 17.2. The Hall–Kier alpha value is -3.25. The van der Waals surface area contributed by atoms with Crippen LogP contribution in [0.4, 0.5) is 0 Å². The largest absolute Gasteiger partial charge is 4.00 e.